The lowest BCUT2D eigenvalue weighted by Crippen LogP contribution is -2.02. The standard InChI is InChI=1S/CH3N2.BF4/c1-3-2;2-1(3,4)5/h1H3;/q+1;-1. The maximum atomic E-state index is 9.75. The van der Waals surface area contributed by atoms with Crippen LogP contribution in [-0.2, 0) is 0 Å². The van der Waals surface area contributed by atoms with Gasteiger partial charge in [-0.05, 0) is 0 Å². The van der Waals surface area contributed by atoms with Gasteiger partial charge in [-0.2, -0.15) is 0 Å². The van der Waals surface area contributed by atoms with E-state index in [0.29, 0.717) is 0 Å². The Labute approximate surface area is 43.2 Å². The summed E-state index contributed by atoms with van der Waals surface area (Å²) < 4.78 is 39.0. The fourth-order valence-electron chi connectivity index (χ4n) is 0. The summed E-state index contributed by atoms with van der Waals surface area (Å²) in [7, 11) is -4.69. The Balaban J connectivity index is 0. The molecule has 0 radical (unpaired) electrons. The van der Waals surface area contributed by atoms with Crippen LogP contribution in [-0.4, -0.2) is 14.3 Å². The molecule has 0 aliphatic heterocycles. The molecular formula is CH3BF4N2. The molecular weight excluding hydrogens is 127 g/mol. The molecule has 0 rings (SSSR count). The Morgan fingerprint density at radius 3 is 1.25 bits per heavy atom. The maximum absolute atomic E-state index is 9.75. The highest BCUT2D eigenvalue weighted by atomic mass is 19.5. The van der Waals surface area contributed by atoms with Gasteiger partial charge >= 0.3 is 7.25 Å². The fraction of sp³-hybridized carbons (Fsp3) is 1.00. The Kier molecular flexibility index (Phi) is 5.59. The largest absolute Gasteiger partial charge is 0.673 e. The van der Waals surface area contributed by atoms with E-state index in [1.807, 2.05) is 0 Å². The summed E-state index contributed by atoms with van der Waals surface area (Å²) in [6.07, 6.45) is 0. The van der Waals surface area contributed by atoms with Gasteiger partial charge < -0.3 is 17.3 Å². The predicted octanol–water partition coefficient (Wildman–Crippen LogP) is 1.77. The van der Waals surface area contributed by atoms with Crippen LogP contribution in [0.1, 0.15) is 0 Å². The SMILES string of the molecule is C[N+]#N.F[B-](F)(F)F. The van der Waals surface area contributed by atoms with Crippen LogP contribution in [0.25, 0.3) is 4.98 Å². The first kappa shape index (κ1) is 10.2. The molecule has 0 fully saturated rings. The van der Waals surface area contributed by atoms with Crippen LogP contribution in [0, 0.1) is 5.39 Å². The molecule has 0 aromatic heterocycles. The minimum Gasteiger partial charge on any atom is -0.418 e. The highest BCUT2D eigenvalue weighted by Crippen LogP contribution is 2.06. The minimum absolute atomic E-state index is 1.31. The second kappa shape index (κ2) is 4.37. The first-order chi connectivity index (χ1) is 3.41. The molecule has 0 N–H and O–H groups in total. The van der Waals surface area contributed by atoms with Crippen LogP contribution in [0.2, 0.25) is 0 Å². The van der Waals surface area contributed by atoms with E-state index in [1.54, 1.807) is 0 Å². The third-order valence-corrected chi connectivity index (χ3v) is 0. The van der Waals surface area contributed by atoms with Gasteiger partial charge in [0.15, 0.2) is 0 Å². The molecule has 0 aliphatic rings. The molecule has 0 saturated carbocycles. The van der Waals surface area contributed by atoms with E-state index in [-0.39, 0.29) is 0 Å². The monoisotopic (exact) mass is 130 g/mol. The second-order valence-corrected chi connectivity index (χ2v) is 0.695. The average molecular weight is 130 g/mol. The molecule has 0 atom stereocenters. The summed E-state index contributed by atoms with van der Waals surface area (Å²) in [5.74, 6) is 0. The van der Waals surface area contributed by atoms with Gasteiger partial charge in [0.2, 0.25) is 5.39 Å². The van der Waals surface area contributed by atoms with Crippen molar-refractivity contribution in [3.63, 3.8) is 0 Å². The number of halogens is 4. The summed E-state index contributed by atoms with van der Waals surface area (Å²) in [5, 5.41) is 7.19. The molecule has 0 amide bonds. The zero-order valence-corrected chi connectivity index (χ0v) is 3.98. The molecule has 2 nitrogen and oxygen atoms in total. The van der Waals surface area contributed by atoms with Gasteiger partial charge in [-0.15, -0.1) is 0 Å². The molecule has 48 valence electrons. The van der Waals surface area contributed by atoms with Crippen LogP contribution in [0.5, 0.6) is 0 Å². The molecule has 0 heterocycles. The van der Waals surface area contributed by atoms with Gasteiger partial charge in [-0.3, -0.25) is 0 Å². The topological polar surface area (TPSA) is 28.1 Å². The minimum atomic E-state index is -6.00. The Morgan fingerprint density at radius 1 is 1.25 bits per heavy atom. The summed E-state index contributed by atoms with van der Waals surface area (Å²) >= 11 is 0. The summed E-state index contributed by atoms with van der Waals surface area (Å²) in [4.78, 5) is 2.50. The number of hydrogen-bond acceptors (Lipinski definition) is 1. The lowest BCUT2D eigenvalue weighted by atomic mass is 10.3. The highest BCUT2D eigenvalue weighted by molar-refractivity contribution is 6.50. The van der Waals surface area contributed by atoms with Crippen molar-refractivity contribution in [1.29, 1.82) is 5.39 Å². The third-order valence-electron chi connectivity index (χ3n) is 0. The molecule has 0 spiro atoms. The number of hydrogen-bond donors (Lipinski definition) is 0. The molecule has 7 heteroatoms. The maximum Gasteiger partial charge on any atom is 0.673 e. The van der Waals surface area contributed by atoms with E-state index in [4.69, 9.17) is 5.39 Å². The Hall–Kier alpha value is -0.795. The molecule has 0 bridgehead atoms. The molecule has 0 unspecified atom stereocenters. The number of rotatable bonds is 0. The smallest absolute Gasteiger partial charge is 0.418 e. The van der Waals surface area contributed by atoms with Crippen LogP contribution in [0.4, 0.5) is 17.3 Å². The van der Waals surface area contributed by atoms with Crippen molar-refractivity contribution in [3.8, 4) is 0 Å². The quantitative estimate of drug-likeness (QED) is 0.279. The lowest BCUT2D eigenvalue weighted by Gasteiger charge is -1.94. The summed E-state index contributed by atoms with van der Waals surface area (Å²) in [5.41, 5.74) is 0. The predicted molar refractivity (Wildman–Crippen MR) is 21.2 cm³/mol. The first-order valence-electron chi connectivity index (χ1n) is 1.52. The van der Waals surface area contributed by atoms with E-state index >= 15 is 0 Å². The van der Waals surface area contributed by atoms with Gasteiger partial charge in [-0.25, -0.2) is 0 Å². The number of nitrogens with zero attached hydrogens (tertiary/aromatic N) is 2. The lowest BCUT2D eigenvalue weighted by molar-refractivity contribution is 0.368. The normalized spacial score (nSPS) is 8.50. The third kappa shape index (κ3) is 146. The molecule has 0 aromatic rings. The van der Waals surface area contributed by atoms with Crippen molar-refractivity contribution in [2.24, 2.45) is 0 Å². The van der Waals surface area contributed by atoms with E-state index in [9.17, 15) is 17.3 Å². The van der Waals surface area contributed by atoms with Crippen molar-refractivity contribution >= 4 is 7.25 Å². The Bertz CT molecular complexity index is 75.0. The van der Waals surface area contributed by atoms with Gasteiger partial charge in [0.1, 0.15) is 4.98 Å². The first-order valence-corrected chi connectivity index (χ1v) is 1.52. The highest BCUT2D eigenvalue weighted by Gasteiger charge is 2.20. The van der Waals surface area contributed by atoms with Crippen molar-refractivity contribution in [3.05, 3.63) is 4.98 Å². The zero-order chi connectivity index (χ0) is 7.21. The van der Waals surface area contributed by atoms with Crippen molar-refractivity contribution in [2.45, 2.75) is 0 Å². The summed E-state index contributed by atoms with van der Waals surface area (Å²) in [6.45, 7) is 0. The molecule has 0 saturated heterocycles. The average Bonchev–Trinajstić information content (AvgIpc) is 1.27. The van der Waals surface area contributed by atoms with E-state index < -0.39 is 7.25 Å². The molecule has 0 aromatic carbocycles. The zero-order valence-electron chi connectivity index (χ0n) is 3.98. The van der Waals surface area contributed by atoms with Gasteiger partial charge in [0.25, 0.3) is 7.05 Å². The number of diazo groups is 1. The van der Waals surface area contributed by atoms with Gasteiger partial charge in [0.05, 0.1) is 0 Å². The van der Waals surface area contributed by atoms with Gasteiger partial charge in [0, 0.05) is 0 Å². The van der Waals surface area contributed by atoms with E-state index in [0.717, 1.165) is 0 Å². The van der Waals surface area contributed by atoms with Crippen LogP contribution in [0.3, 0.4) is 0 Å². The molecule has 0 aliphatic carbocycles. The fourth-order valence-corrected chi connectivity index (χ4v) is 0. The van der Waals surface area contributed by atoms with Gasteiger partial charge in [-0.1, -0.05) is 0 Å². The van der Waals surface area contributed by atoms with Crippen molar-refractivity contribution < 1.29 is 17.3 Å². The van der Waals surface area contributed by atoms with Crippen LogP contribution in [0.15, 0.2) is 0 Å². The van der Waals surface area contributed by atoms with E-state index in [2.05, 4.69) is 4.98 Å². The molecule has 8 heavy (non-hydrogen) atoms. The van der Waals surface area contributed by atoms with Crippen LogP contribution < -0.4 is 0 Å². The van der Waals surface area contributed by atoms with Crippen LogP contribution >= 0.6 is 0 Å². The Morgan fingerprint density at radius 2 is 1.25 bits per heavy atom. The van der Waals surface area contributed by atoms with Crippen molar-refractivity contribution in [2.75, 3.05) is 7.05 Å². The second-order valence-electron chi connectivity index (χ2n) is 0.695. The van der Waals surface area contributed by atoms with E-state index in [1.165, 1.54) is 7.05 Å². The van der Waals surface area contributed by atoms with Crippen molar-refractivity contribution in [1.82, 2.24) is 0 Å². The summed E-state index contributed by atoms with van der Waals surface area (Å²) in [6, 6.07) is 0.